The highest BCUT2D eigenvalue weighted by Crippen LogP contribution is 2.18. The largest absolute Gasteiger partial charge is 0.360 e. The standard InChI is InChI=1S/C10H7Cl2N3O2/c1-5-4-8(15-17-5)14-10(16)6-2-3-7(11)13-9(6)12/h2-4H,1H3,(H,14,15,16). The highest BCUT2D eigenvalue weighted by Gasteiger charge is 2.13. The molecule has 0 atom stereocenters. The number of nitrogens with one attached hydrogen (secondary N) is 1. The van der Waals surface area contributed by atoms with Crippen molar-refractivity contribution in [1.29, 1.82) is 0 Å². The van der Waals surface area contributed by atoms with Crippen molar-refractivity contribution in [1.82, 2.24) is 10.1 Å². The normalized spacial score (nSPS) is 10.3. The molecule has 0 aliphatic heterocycles. The van der Waals surface area contributed by atoms with Crippen molar-refractivity contribution >= 4 is 34.9 Å². The van der Waals surface area contributed by atoms with Gasteiger partial charge in [-0.25, -0.2) is 4.98 Å². The van der Waals surface area contributed by atoms with Crippen molar-refractivity contribution in [2.45, 2.75) is 6.92 Å². The molecule has 1 N–H and O–H groups in total. The van der Waals surface area contributed by atoms with Gasteiger partial charge >= 0.3 is 0 Å². The molecule has 0 radical (unpaired) electrons. The van der Waals surface area contributed by atoms with Gasteiger partial charge in [0, 0.05) is 6.07 Å². The first kappa shape index (κ1) is 11.9. The van der Waals surface area contributed by atoms with Crippen molar-refractivity contribution in [3.05, 3.63) is 39.8 Å². The highest BCUT2D eigenvalue weighted by molar-refractivity contribution is 6.35. The number of amides is 1. The van der Waals surface area contributed by atoms with Crippen LogP contribution in [0.4, 0.5) is 5.82 Å². The van der Waals surface area contributed by atoms with Crippen LogP contribution in [0.3, 0.4) is 0 Å². The summed E-state index contributed by atoms with van der Waals surface area (Å²) in [6.07, 6.45) is 0. The molecule has 2 aromatic rings. The average Bonchev–Trinajstić information content (AvgIpc) is 2.63. The van der Waals surface area contributed by atoms with Crippen molar-refractivity contribution in [3.8, 4) is 0 Å². The predicted octanol–water partition coefficient (Wildman–Crippen LogP) is 2.94. The Balaban J connectivity index is 2.20. The fraction of sp³-hybridized carbons (Fsp3) is 0.100. The van der Waals surface area contributed by atoms with Gasteiger partial charge in [0.2, 0.25) is 0 Å². The molecule has 0 aliphatic carbocycles. The Kier molecular flexibility index (Phi) is 3.31. The van der Waals surface area contributed by atoms with E-state index in [-0.39, 0.29) is 15.9 Å². The van der Waals surface area contributed by atoms with Crippen LogP contribution in [0.15, 0.2) is 22.7 Å². The number of rotatable bonds is 2. The monoisotopic (exact) mass is 271 g/mol. The van der Waals surface area contributed by atoms with Crippen LogP contribution in [0.5, 0.6) is 0 Å². The minimum absolute atomic E-state index is 0.0372. The zero-order valence-electron chi connectivity index (χ0n) is 8.70. The topological polar surface area (TPSA) is 68.0 Å². The van der Waals surface area contributed by atoms with Gasteiger partial charge < -0.3 is 9.84 Å². The Morgan fingerprint density at radius 2 is 2.18 bits per heavy atom. The molecule has 0 saturated carbocycles. The molecule has 0 saturated heterocycles. The molecule has 0 aliphatic rings. The van der Waals surface area contributed by atoms with E-state index >= 15 is 0 Å². The molecule has 1 amide bonds. The second-order valence-corrected chi connectivity index (χ2v) is 3.99. The van der Waals surface area contributed by atoms with Gasteiger partial charge in [-0.2, -0.15) is 0 Å². The Morgan fingerprint density at radius 1 is 1.41 bits per heavy atom. The first-order valence-electron chi connectivity index (χ1n) is 4.63. The third kappa shape index (κ3) is 2.75. The van der Waals surface area contributed by atoms with E-state index in [0.717, 1.165) is 0 Å². The van der Waals surface area contributed by atoms with E-state index < -0.39 is 5.91 Å². The van der Waals surface area contributed by atoms with Crippen molar-refractivity contribution < 1.29 is 9.32 Å². The van der Waals surface area contributed by atoms with Crippen LogP contribution in [0.25, 0.3) is 0 Å². The quantitative estimate of drug-likeness (QED) is 0.853. The smallest absolute Gasteiger partial charge is 0.260 e. The third-order valence-electron chi connectivity index (χ3n) is 1.93. The minimum Gasteiger partial charge on any atom is -0.360 e. The molecule has 2 rings (SSSR count). The van der Waals surface area contributed by atoms with Gasteiger partial charge in [-0.05, 0) is 19.1 Å². The van der Waals surface area contributed by atoms with E-state index in [9.17, 15) is 4.79 Å². The molecule has 0 fully saturated rings. The summed E-state index contributed by atoms with van der Waals surface area (Å²) in [6, 6.07) is 4.56. The molecule has 0 spiro atoms. The first-order valence-corrected chi connectivity index (χ1v) is 5.38. The van der Waals surface area contributed by atoms with E-state index in [1.54, 1.807) is 13.0 Å². The summed E-state index contributed by atoms with van der Waals surface area (Å²) in [5.74, 6) is 0.492. The summed E-state index contributed by atoms with van der Waals surface area (Å²) in [5, 5.41) is 6.42. The molecule has 0 unspecified atom stereocenters. The van der Waals surface area contributed by atoms with Gasteiger partial charge in [-0.1, -0.05) is 28.4 Å². The molecule has 5 nitrogen and oxygen atoms in total. The van der Waals surface area contributed by atoms with E-state index in [0.29, 0.717) is 11.6 Å². The van der Waals surface area contributed by atoms with E-state index in [4.69, 9.17) is 27.7 Å². The summed E-state index contributed by atoms with van der Waals surface area (Å²) in [4.78, 5) is 15.6. The Morgan fingerprint density at radius 3 is 2.76 bits per heavy atom. The summed E-state index contributed by atoms with van der Waals surface area (Å²) < 4.78 is 4.82. The van der Waals surface area contributed by atoms with Gasteiger partial charge in [-0.15, -0.1) is 0 Å². The lowest BCUT2D eigenvalue weighted by molar-refractivity contribution is 0.102. The third-order valence-corrected chi connectivity index (χ3v) is 2.43. The number of carbonyl (C=O) groups excluding carboxylic acids is 1. The van der Waals surface area contributed by atoms with Crippen LogP contribution in [0.2, 0.25) is 10.3 Å². The number of halogens is 2. The molecule has 7 heteroatoms. The summed E-state index contributed by atoms with van der Waals surface area (Å²) in [6.45, 7) is 1.72. The maximum atomic E-state index is 11.8. The lowest BCUT2D eigenvalue weighted by Crippen LogP contribution is -2.13. The van der Waals surface area contributed by atoms with Crippen LogP contribution in [-0.2, 0) is 0 Å². The molecule has 0 aromatic carbocycles. The molecule has 2 heterocycles. The van der Waals surface area contributed by atoms with E-state index in [2.05, 4.69) is 15.5 Å². The van der Waals surface area contributed by atoms with Gasteiger partial charge in [0.05, 0.1) is 5.56 Å². The maximum Gasteiger partial charge on any atom is 0.260 e. The number of aryl methyl sites for hydroxylation is 1. The maximum absolute atomic E-state index is 11.8. The molecule has 2 aromatic heterocycles. The predicted molar refractivity (Wildman–Crippen MR) is 63.5 cm³/mol. The van der Waals surface area contributed by atoms with Crippen LogP contribution >= 0.6 is 23.2 Å². The second kappa shape index (κ2) is 4.73. The summed E-state index contributed by atoms with van der Waals surface area (Å²) in [7, 11) is 0. The van der Waals surface area contributed by atoms with E-state index in [1.807, 2.05) is 0 Å². The summed E-state index contributed by atoms with van der Waals surface area (Å²) >= 11 is 11.4. The number of anilines is 1. The zero-order valence-corrected chi connectivity index (χ0v) is 10.2. The Labute approximate surface area is 107 Å². The van der Waals surface area contributed by atoms with Crippen molar-refractivity contribution in [2.75, 3.05) is 5.32 Å². The summed E-state index contributed by atoms with van der Waals surface area (Å²) in [5.41, 5.74) is 0.219. The van der Waals surface area contributed by atoms with Crippen LogP contribution < -0.4 is 5.32 Å². The second-order valence-electron chi connectivity index (χ2n) is 3.25. The van der Waals surface area contributed by atoms with Crippen molar-refractivity contribution in [3.63, 3.8) is 0 Å². The number of pyridine rings is 1. The fourth-order valence-electron chi connectivity index (χ4n) is 1.19. The zero-order chi connectivity index (χ0) is 12.4. The lowest BCUT2D eigenvalue weighted by atomic mass is 10.2. The number of nitrogens with zero attached hydrogens (tertiary/aromatic N) is 2. The highest BCUT2D eigenvalue weighted by atomic mass is 35.5. The number of hydrogen-bond acceptors (Lipinski definition) is 4. The van der Waals surface area contributed by atoms with E-state index in [1.165, 1.54) is 12.1 Å². The van der Waals surface area contributed by atoms with Crippen LogP contribution in [-0.4, -0.2) is 16.0 Å². The molecule has 0 bridgehead atoms. The minimum atomic E-state index is -0.424. The van der Waals surface area contributed by atoms with Crippen LogP contribution in [0, 0.1) is 6.92 Å². The average molecular weight is 272 g/mol. The Hall–Kier alpha value is -1.59. The van der Waals surface area contributed by atoms with Gasteiger partial charge in [0.1, 0.15) is 16.1 Å². The van der Waals surface area contributed by atoms with Gasteiger partial charge in [-0.3, -0.25) is 4.79 Å². The van der Waals surface area contributed by atoms with Crippen LogP contribution in [0.1, 0.15) is 16.1 Å². The first-order chi connectivity index (χ1) is 8.06. The van der Waals surface area contributed by atoms with Gasteiger partial charge in [0.15, 0.2) is 5.82 Å². The molecule has 17 heavy (non-hydrogen) atoms. The molecule has 88 valence electrons. The van der Waals surface area contributed by atoms with Crippen molar-refractivity contribution in [2.24, 2.45) is 0 Å². The number of aromatic nitrogens is 2. The number of hydrogen-bond donors (Lipinski definition) is 1. The SMILES string of the molecule is Cc1cc(NC(=O)c2ccc(Cl)nc2Cl)no1. The number of carbonyl (C=O) groups is 1. The Bertz CT molecular complexity index is 568. The van der Waals surface area contributed by atoms with Gasteiger partial charge in [0.25, 0.3) is 5.91 Å². The fourth-order valence-corrected chi connectivity index (χ4v) is 1.62. The lowest BCUT2D eigenvalue weighted by Gasteiger charge is -2.02. The molecular weight excluding hydrogens is 265 g/mol. The molecular formula is C10H7Cl2N3O2.